The van der Waals surface area contributed by atoms with Crippen molar-refractivity contribution >= 4 is 5.96 Å². The van der Waals surface area contributed by atoms with Gasteiger partial charge in [0.2, 0.25) is 0 Å². The van der Waals surface area contributed by atoms with E-state index in [1.165, 1.54) is 13.2 Å². The number of hydrogen-bond donors (Lipinski definition) is 1. The number of hydrogen-bond acceptors (Lipinski definition) is 3. The predicted octanol–water partition coefficient (Wildman–Crippen LogP) is 2.91. The Labute approximate surface area is 147 Å². The van der Waals surface area contributed by atoms with Crippen LogP contribution in [0.5, 0.6) is 5.75 Å². The number of benzene rings is 2. The van der Waals surface area contributed by atoms with E-state index in [1.54, 1.807) is 25.2 Å². The highest BCUT2D eigenvalue weighted by atomic mass is 19.1. The first-order valence-corrected chi connectivity index (χ1v) is 7.80. The Morgan fingerprint density at radius 1 is 1.24 bits per heavy atom. The smallest absolute Gasteiger partial charge is 0.193 e. The Hall–Kier alpha value is -3.07. The zero-order chi connectivity index (χ0) is 18.2. The van der Waals surface area contributed by atoms with Crippen LogP contribution in [0.2, 0.25) is 0 Å². The summed E-state index contributed by atoms with van der Waals surface area (Å²) in [6.45, 7) is 1.09. The molecule has 0 aromatic heterocycles. The highest BCUT2D eigenvalue weighted by Gasteiger charge is 2.09. The number of rotatable bonds is 5. The van der Waals surface area contributed by atoms with E-state index in [1.807, 2.05) is 30.1 Å². The fourth-order valence-corrected chi connectivity index (χ4v) is 2.42. The van der Waals surface area contributed by atoms with Crippen molar-refractivity contribution in [1.29, 1.82) is 5.26 Å². The molecule has 25 heavy (non-hydrogen) atoms. The molecule has 2 aromatic carbocycles. The van der Waals surface area contributed by atoms with Gasteiger partial charge < -0.3 is 15.0 Å². The molecular formula is C19H21FN4O. The molecular weight excluding hydrogens is 319 g/mol. The van der Waals surface area contributed by atoms with Crippen molar-refractivity contribution in [1.82, 2.24) is 10.2 Å². The van der Waals surface area contributed by atoms with Gasteiger partial charge in [-0.15, -0.1) is 0 Å². The summed E-state index contributed by atoms with van der Waals surface area (Å²) in [5, 5.41) is 12.1. The second kappa shape index (κ2) is 8.69. The number of nitriles is 1. The van der Waals surface area contributed by atoms with Crippen LogP contribution < -0.4 is 10.1 Å². The van der Waals surface area contributed by atoms with E-state index in [0.717, 1.165) is 11.1 Å². The van der Waals surface area contributed by atoms with Crippen LogP contribution in [0.25, 0.3) is 0 Å². The van der Waals surface area contributed by atoms with Crippen LogP contribution in [-0.4, -0.2) is 32.1 Å². The van der Waals surface area contributed by atoms with Crippen LogP contribution >= 0.6 is 0 Å². The van der Waals surface area contributed by atoms with Crippen molar-refractivity contribution in [2.45, 2.75) is 13.1 Å². The maximum absolute atomic E-state index is 13.8. The Morgan fingerprint density at radius 2 is 1.92 bits per heavy atom. The number of ether oxygens (including phenoxy) is 1. The van der Waals surface area contributed by atoms with Crippen LogP contribution in [-0.2, 0) is 13.1 Å². The minimum Gasteiger partial charge on any atom is -0.494 e. The van der Waals surface area contributed by atoms with E-state index in [9.17, 15) is 4.39 Å². The molecule has 0 aliphatic rings. The van der Waals surface area contributed by atoms with E-state index in [2.05, 4.69) is 16.4 Å². The third-order valence-corrected chi connectivity index (χ3v) is 3.74. The van der Waals surface area contributed by atoms with Crippen LogP contribution in [0.4, 0.5) is 4.39 Å². The third-order valence-electron chi connectivity index (χ3n) is 3.74. The minimum atomic E-state index is -0.381. The van der Waals surface area contributed by atoms with Crippen molar-refractivity contribution < 1.29 is 9.13 Å². The summed E-state index contributed by atoms with van der Waals surface area (Å²) in [6.07, 6.45) is 0. The predicted molar refractivity (Wildman–Crippen MR) is 95.8 cm³/mol. The number of aliphatic imine (C=N–C) groups is 1. The van der Waals surface area contributed by atoms with Gasteiger partial charge in [0.05, 0.1) is 18.7 Å². The molecule has 0 saturated carbocycles. The number of methoxy groups -OCH3 is 1. The molecule has 5 nitrogen and oxygen atoms in total. The van der Waals surface area contributed by atoms with Crippen LogP contribution in [0.3, 0.4) is 0 Å². The van der Waals surface area contributed by atoms with Gasteiger partial charge in [-0.25, -0.2) is 4.39 Å². The maximum Gasteiger partial charge on any atom is 0.193 e. The van der Waals surface area contributed by atoms with Gasteiger partial charge in [-0.1, -0.05) is 18.2 Å². The summed E-state index contributed by atoms with van der Waals surface area (Å²) in [4.78, 5) is 6.16. The third kappa shape index (κ3) is 4.95. The molecule has 0 unspecified atom stereocenters. The standard InChI is InChI=1S/C19H21FN4O/c1-22-19(23-12-15-6-4-14(11-21)5-7-15)24(2)13-16-8-9-18(25-3)17(20)10-16/h4-10H,12-13H2,1-3H3,(H,22,23). The molecule has 130 valence electrons. The molecule has 1 N–H and O–H groups in total. The lowest BCUT2D eigenvalue weighted by Crippen LogP contribution is -2.38. The lowest BCUT2D eigenvalue weighted by molar-refractivity contribution is 0.385. The summed E-state index contributed by atoms with van der Waals surface area (Å²) in [5.41, 5.74) is 2.50. The maximum atomic E-state index is 13.8. The number of nitrogens with zero attached hydrogens (tertiary/aromatic N) is 3. The van der Waals surface area contributed by atoms with Crippen LogP contribution in [0, 0.1) is 17.1 Å². The molecule has 0 heterocycles. The van der Waals surface area contributed by atoms with E-state index in [0.29, 0.717) is 24.6 Å². The molecule has 2 aromatic rings. The van der Waals surface area contributed by atoms with Crippen molar-refractivity contribution in [2.75, 3.05) is 21.2 Å². The fourth-order valence-electron chi connectivity index (χ4n) is 2.42. The van der Waals surface area contributed by atoms with Crippen LogP contribution in [0.15, 0.2) is 47.5 Å². The quantitative estimate of drug-likeness (QED) is 0.671. The molecule has 6 heteroatoms. The molecule has 0 aliphatic carbocycles. The SMILES string of the molecule is CN=C(NCc1ccc(C#N)cc1)N(C)Cc1ccc(OC)c(F)c1. The first-order chi connectivity index (χ1) is 12.1. The first kappa shape index (κ1) is 18.3. The summed E-state index contributed by atoms with van der Waals surface area (Å²) in [6, 6.07) is 14.4. The van der Waals surface area contributed by atoms with E-state index in [-0.39, 0.29) is 11.6 Å². The summed E-state index contributed by atoms with van der Waals surface area (Å²) in [5.74, 6) is 0.546. The molecule has 0 atom stereocenters. The lowest BCUT2D eigenvalue weighted by Gasteiger charge is -2.22. The lowest BCUT2D eigenvalue weighted by atomic mass is 10.1. The average Bonchev–Trinajstić information content (AvgIpc) is 2.63. The largest absolute Gasteiger partial charge is 0.494 e. The summed E-state index contributed by atoms with van der Waals surface area (Å²) < 4.78 is 18.7. The molecule has 0 saturated heterocycles. The molecule has 0 amide bonds. The van der Waals surface area contributed by atoms with Crippen molar-refractivity contribution in [3.05, 3.63) is 65.0 Å². The molecule has 0 aliphatic heterocycles. The Morgan fingerprint density at radius 3 is 2.48 bits per heavy atom. The van der Waals surface area contributed by atoms with Crippen molar-refractivity contribution in [3.63, 3.8) is 0 Å². The highest BCUT2D eigenvalue weighted by Crippen LogP contribution is 2.18. The van der Waals surface area contributed by atoms with Gasteiger partial charge in [0.15, 0.2) is 17.5 Å². The van der Waals surface area contributed by atoms with Crippen LogP contribution in [0.1, 0.15) is 16.7 Å². The van der Waals surface area contributed by atoms with Crippen molar-refractivity contribution in [2.24, 2.45) is 4.99 Å². The van der Waals surface area contributed by atoms with Gasteiger partial charge in [-0.05, 0) is 35.4 Å². The second-order valence-electron chi connectivity index (χ2n) is 5.53. The number of guanidine groups is 1. The minimum absolute atomic E-state index is 0.231. The molecule has 0 spiro atoms. The first-order valence-electron chi connectivity index (χ1n) is 7.80. The van der Waals surface area contributed by atoms with Crippen molar-refractivity contribution in [3.8, 4) is 11.8 Å². The molecule has 0 bridgehead atoms. The molecule has 0 fully saturated rings. The van der Waals surface area contributed by atoms with Gasteiger partial charge in [-0.3, -0.25) is 4.99 Å². The molecule has 0 radical (unpaired) electrons. The second-order valence-corrected chi connectivity index (χ2v) is 5.53. The monoisotopic (exact) mass is 340 g/mol. The fraction of sp³-hybridized carbons (Fsp3) is 0.263. The highest BCUT2D eigenvalue weighted by molar-refractivity contribution is 5.79. The van der Waals surface area contributed by atoms with Gasteiger partial charge in [0.25, 0.3) is 0 Å². The van der Waals surface area contributed by atoms with Gasteiger partial charge in [-0.2, -0.15) is 5.26 Å². The number of halogens is 1. The number of nitrogens with one attached hydrogen (secondary N) is 1. The summed E-state index contributed by atoms with van der Waals surface area (Å²) in [7, 11) is 5.03. The van der Waals surface area contributed by atoms with Gasteiger partial charge >= 0.3 is 0 Å². The van der Waals surface area contributed by atoms with E-state index in [4.69, 9.17) is 10.00 Å². The van der Waals surface area contributed by atoms with E-state index < -0.39 is 0 Å². The summed E-state index contributed by atoms with van der Waals surface area (Å²) >= 11 is 0. The zero-order valence-corrected chi connectivity index (χ0v) is 14.6. The van der Waals surface area contributed by atoms with Gasteiger partial charge in [0, 0.05) is 27.2 Å². The molecule has 2 rings (SSSR count). The Balaban J connectivity index is 1.97. The Bertz CT molecular complexity index is 781. The van der Waals surface area contributed by atoms with E-state index >= 15 is 0 Å². The average molecular weight is 340 g/mol. The normalized spacial score (nSPS) is 10.9. The zero-order valence-electron chi connectivity index (χ0n) is 14.6. The van der Waals surface area contributed by atoms with Gasteiger partial charge in [0.1, 0.15) is 0 Å². The Kier molecular flexibility index (Phi) is 6.35. The topological polar surface area (TPSA) is 60.7 Å².